The van der Waals surface area contributed by atoms with Gasteiger partial charge in [-0.2, -0.15) is 0 Å². The van der Waals surface area contributed by atoms with Crippen molar-refractivity contribution in [1.29, 1.82) is 0 Å². The molecule has 1 aromatic heterocycles. The minimum Gasteiger partial charge on any atom is -0.493 e. The zero-order valence-corrected chi connectivity index (χ0v) is 23.6. The SMILES string of the molecule is COc1ccc(-c2[nH]c3ccc(C4CCN(C5CCNCC5)CC4)cc3c2C(C)C)cc1OC.Cl.Cl. The molecule has 3 heterocycles. The smallest absolute Gasteiger partial charge is 0.161 e. The first-order chi connectivity index (χ1) is 16.6. The molecule has 198 valence electrons. The van der Waals surface area contributed by atoms with Crippen LogP contribution in [-0.2, 0) is 0 Å². The largest absolute Gasteiger partial charge is 0.493 e. The number of fused-ring (bicyclic) bond motifs is 1. The second-order valence-corrected chi connectivity index (χ2v) is 10.2. The molecule has 0 unspecified atom stereocenters. The second kappa shape index (κ2) is 12.6. The molecule has 2 aliphatic heterocycles. The number of aromatic nitrogens is 1. The average molecular weight is 535 g/mol. The lowest BCUT2D eigenvalue weighted by molar-refractivity contribution is 0.127. The van der Waals surface area contributed by atoms with Gasteiger partial charge in [-0.1, -0.05) is 19.9 Å². The van der Waals surface area contributed by atoms with Gasteiger partial charge in [0.1, 0.15) is 0 Å². The molecule has 0 amide bonds. The van der Waals surface area contributed by atoms with Crippen molar-refractivity contribution in [2.75, 3.05) is 40.4 Å². The standard InChI is InChI=1S/C29H39N3O2.2ClH/c1-19(2)28-24-17-21(20-11-15-32(16-12-20)23-9-13-30-14-10-23)5-7-25(24)31-29(28)22-6-8-26(33-3)27(18-22)34-4;;/h5-8,17-20,23,30-31H,9-16H2,1-4H3;2*1H. The molecule has 3 aromatic rings. The van der Waals surface area contributed by atoms with Crippen LogP contribution < -0.4 is 14.8 Å². The summed E-state index contributed by atoms with van der Waals surface area (Å²) >= 11 is 0. The molecule has 0 atom stereocenters. The lowest BCUT2D eigenvalue weighted by Gasteiger charge is -2.39. The maximum Gasteiger partial charge on any atom is 0.161 e. The number of aromatic amines is 1. The number of piperidine rings is 2. The van der Waals surface area contributed by atoms with Gasteiger partial charge in [0.25, 0.3) is 0 Å². The summed E-state index contributed by atoms with van der Waals surface area (Å²) in [6, 6.07) is 14.1. The summed E-state index contributed by atoms with van der Waals surface area (Å²) in [4.78, 5) is 6.47. The fourth-order valence-corrected chi connectivity index (χ4v) is 6.07. The van der Waals surface area contributed by atoms with E-state index in [2.05, 4.69) is 59.4 Å². The number of hydrogen-bond acceptors (Lipinski definition) is 4. The van der Waals surface area contributed by atoms with Gasteiger partial charge in [0, 0.05) is 22.5 Å². The summed E-state index contributed by atoms with van der Waals surface area (Å²) in [5, 5.41) is 4.86. The summed E-state index contributed by atoms with van der Waals surface area (Å²) in [5.41, 5.74) is 6.41. The lowest BCUT2D eigenvalue weighted by atomic mass is 9.86. The van der Waals surface area contributed by atoms with Crippen molar-refractivity contribution in [1.82, 2.24) is 15.2 Å². The number of hydrogen-bond donors (Lipinski definition) is 2. The van der Waals surface area contributed by atoms with Crippen LogP contribution in [0.4, 0.5) is 0 Å². The Labute approximate surface area is 228 Å². The van der Waals surface area contributed by atoms with Gasteiger partial charge < -0.3 is 24.7 Å². The zero-order valence-electron chi connectivity index (χ0n) is 21.9. The third-order valence-electron chi connectivity index (χ3n) is 7.94. The van der Waals surface area contributed by atoms with E-state index in [1.807, 2.05) is 6.07 Å². The van der Waals surface area contributed by atoms with Gasteiger partial charge in [-0.3, -0.25) is 0 Å². The normalized spacial score (nSPS) is 17.6. The molecule has 2 N–H and O–H groups in total. The van der Waals surface area contributed by atoms with Gasteiger partial charge in [-0.25, -0.2) is 0 Å². The Bertz CT molecular complexity index is 1130. The molecular weight excluding hydrogens is 493 g/mol. The minimum absolute atomic E-state index is 0. The van der Waals surface area contributed by atoms with Gasteiger partial charge in [-0.15, -0.1) is 24.8 Å². The molecule has 36 heavy (non-hydrogen) atoms. The number of rotatable bonds is 6. The third kappa shape index (κ3) is 5.65. The Morgan fingerprint density at radius 3 is 2.19 bits per heavy atom. The monoisotopic (exact) mass is 533 g/mol. The molecular formula is C29H41Cl2N3O2. The molecule has 0 bridgehead atoms. The van der Waals surface area contributed by atoms with Crippen LogP contribution in [0, 0.1) is 0 Å². The second-order valence-electron chi connectivity index (χ2n) is 10.2. The van der Waals surface area contributed by atoms with E-state index in [-0.39, 0.29) is 24.8 Å². The highest BCUT2D eigenvalue weighted by Gasteiger charge is 2.27. The van der Waals surface area contributed by atoms with Crippen LogP contribution in [0.15, 0.2) is 36.4 Å². The summed E-state index contributed by atoms with van der Waals surface area (Å²) in [5.74, 6) is 2.58. The number of likely N-dealkylation sites (tertiary alicyclic amines) is 1. The maximum atomic E-state index is 5.58. The Morgan fingerprint density at radius 2 is 1.56 bits per heavy atom. The van der Waals surface area contributed by atoms with Crippen molar-refractivity contribution in [3.8, 4) is 22.8 Å². The molecule has 7 heteroatoms. The number of nitrogens with zero attached hydrogens (tertiary/aromatic N) is 1. The van der Waals surface area contributed by atoms with Gasteiger partial charge in [0.05, 0.1) is 19.9 Å². The Morgan fingerprint density at radius 1 is 0.861 bits per heavy atom. The number of benzene rings is 2. The van der Waals surface area contributed by atoms with Gasteiger partial charge >= 0.3 is 0 Å². The molecule has 0 spiro atoms. The molecule has 0 radical (unpaired) electrons. The highest BCUT2D eigenvalue weighted by atomic mass is 35.5. The van der Waals surface area contributed by atoms with Crippen LogP contribution in [-0.4, -0.2) is 56.3 Å². The molecule has 0 saturated carbocycles. The Hall–Kier alpha value is -1.92. The van der Waals surface area contributed by atoms with Crippen LogP contribution in [0.5, 0.6) is 11.5 Å². The number of H-pyrrole nitrogens is 1. The highest BCUT2D eigenvalue weighted by Crippen LogP contribution is 2.40. The first-order valence-electron chi connectivity index (χ1n) is 12.9. The Balaban J connectivity index is 0.00000180. The lowest BCUT2D eigenvalue weighted by Crippen LogP contribution is -2.46. The van der Waals surface area contributed by atoms with Crippen molar-refractivity contribution in [3.05, 3.63) is 47.5 Å². The molecule has 2 aliphatic rings. The molecule has 0 aliphatic carbocycles. The minimum atomic E-state index is 0. The highest BCUT2D eigenvalue weighted by molar-refractivity contribution is 5.92. The predicted octanol–water partition coefficient (Wildman–Crippen LogP) is 6.75. The van der Waals surface area contributed by atoms with Crippen LogP contribution >= 0.6 is 24.8 Å². The van der Waals surface area contributed by atoms with Gasteiger partial charge in [-0.05, 0) is 105 Å². The van der Waals surface area contributed by atoms with Gasteiger partial charge in [0.2, 0.25) is 0 Å². The van der Waals surface area contributed by atoms with Gasteiger partial charge in [0.15, 0.2) is 11.5 Å². The summed E-state index contributed by atoms with van der Waals surface area (Å²) in [6.07, 6.45) is 5.13. The van der Waals surface area contributed by atoms with E-state index in [0.29, 0.717) is 11.8 Å². The van der Waals surface area contributed by atoms with Crippen LogP contribution in [0.1, 0.15) is 62.5 Å². The van der Waals surface area contributed by atoms with Crippen LogP contribution in [0.2, 0.25) is 0 Å². The topological polar surface area (TPSA) is 49.5 Å². The van der Waals surface area contributed by atoms with E-state index in [1.165, 1.54) is 79.6 Å². The number of ether oxygens (including phenoxy) is 2. The maximum absolute atomic E-state index is 5.58. The van der Waals surface area contributed by atoms with Crippen LogP contribution in [0.25, 0.3) is 22.2 Å². The molecule has 2 aromatic carbocycles. The Kier molecular flexibility index (Phi) is 9.99. The average Bonchev–Trinajstić information content (AvgIpc) is 3.28. The predicted molar refractivity (Wildman–Crippen MR) is 155 cm³/mol. The number of nitrogens with one attached hydrogen (secondary N) is 2. The molecule has 5 nitrogen and oxygen atoms in total. The van der Waals surface area contributed by atoms with E-state index < -0.39 is 0 Å². The van der Waals surface area contributed by atoms with E-state index in [0.717, 1.165) is 23.1 Å². The molecule has 2 fully saturated rings. The zero-order chi connectivity index (χ0) is 23.7. The van der Waals surface area contributed by atoms with E-state index in [9.17, 15) is 0 Å². The van der Waals surface area contributed by atoms with E-state index in [4.69, 9.17) is 9.47 Å². The van der Waals surface area contributed by atoms with Crippen molar-refractivity contribution >= 4 is 35.7 Å². The number of methoxy groups -OCH3 is 2. The quantitative estimate of drug-likeness (QED) is 0.367. The fraction of sp³-hybridized carbons (Fsp3) is 0.517. The summed E-state index contributed by atoms with van der Waals surface area (Å²) in [6.45, 7) is 9.39. The summed E-state index contributed by atoms with van der Waals surface area (Å²) in [7, 11) is 3.37. The van der Waals surface area contributed by atoms with Crippen molar-refractivity contribution in [2.45, 2.75) is 57.4 Å². The van der Waals surface area contributed by atoms with E-state index >= 15 is 0 Å². The summed E-state index contributed by atoms with van der Waals surface area (Å²) < 4.78 is 11.0. The van der Waals surface area contributed by atoms with E-state index in [1.54, 1.807) is 14.2 Å². The first-order valence-corrected chi connectivity index (χ1v) is 12.9. The first kappa shape index (κ1) is 28.6. The van der Waals surface area contributed by atoms with Crippen molar-refractivity contribution < 1.29 is 9.47 Å². The number of halogens is 2. The van der Waals surface area contributed by atoms with Crippen molar-refractivity contribution in [2.24, 2.45) is 0 Å². The molecule has 2 saturated heterocycles. The molecule has 5 rings (SSSR count). The van der Waals surface area contributed by atoms with Crippen molar-refractivity contribution in [3.63, 3.8) is 0 Å². The fourth-order valence-electron chi connectivity index (χ4n) is 6.07. The third-order valence-corrected chi connectivity index (χ3v) is 7.94. The van der Waals surface area contributed by atoms with Crippen LogP contribution in [0.3, 0.4) is 0 Å².